The van der Waals surface area contributed by atoms with Crippen LogP contribution in [0.4, 0.5) is 0 Å². The molecule has 19 heavy (non-hydrogen) atoms. The molecular formula is C14H15BrO4. The third kappa shape index (κ3) is 2.56. The molecule has 0 saturated carbocycles. The van der Waals surface area contributed by atoms with Crippen molar-refractivity contribution in [2.75, 3.05) is 21.3 Å². The van der Waals surface area contributed by atoms with Gasteiger partial charge in [-0.3, -0.25) is 0 Å². The fourth-order valence-electron chi connectivity index (χ4n) is 1.92. The summed E-state index contributed by atoms with van der Waals surface area (Å²) in [5.74, 6) is 1.86. The minimum atomic E-state index is -0.0407. The molecule has 0 fully saturated rings. The normalized spacial score (nSPS) is 12.0. The van der Waals surface area contributed by atoms with E-state index in [9.17, 15) is 0 Å². The van der Waals surface area contributed by atoms with Crippen LogP contribution in [-0.4, -0.2) is 21.3 Å². The summed E-state index contributed by atoms with van der Waals surface area (Å²) in [5, 5.41) is 0. The maximum Gasteiger partial charge on any atom is 0.203 e. The Bertz CT molecular complexity index is 537. The zero-order chi connectivity index (χ0) is 13.8. The van der Waals surface area contributed by atoms with Crippen LogP contribution in [0.25, 0.3) is 0 Å². The first-order valence-corrected chi connectivity index (χ1v) is 6.59. The molecular weight excluding hydrogens is 312 g/mol. The van der Waals surface area contributed by atoms with Gasteiger partial charge < -0.3 is 18.6 Å². The molecule has 0 radical (unpaired) electrons. The molecule has 0 bridgehead atoms. The van der Waals surface area contributed by atoms with Gasteiger partial charge in [0, 0.05) is 11.1 Å². The number of hydrogen-bond acceptors (Lipinski definition) is 4. The first-order valence-electron chi connectivity index (χ1n) is 5.68. The Morgan fingerprint density at radius 1 is 1.00 bits per heavy atom. The molecule has 0 saturated heterocycles. The van der Waals surface area contributed by atoms with Crippen LogP contribution >= 0.6 is 15.9 Å². The average molecular weight is 327 g/mol. The lowest BCUT2D eigenvalue weighted by atomic mass is 10.1. The summed E-state index contributed by atoms with van der Waals surface area (Å²) in [6, 6.07) is 5.69. The van der Waals surface area contributed by atoms with Crippen molar-refractivity contribution < 1.29 is 18.6 Å². The minimum Gasteiger partial charge on any atom is -0.493 e. The van der Waals surface area contributed by atoms with E-state index in [1.807, 2.05) is 18.2 Å². The van der Waals surface area contributed by atoms with Gasteiger partial charge in [0.2, 0.25) is 5.75 Å². The number of methoxy groups -OCH3 is 3. The predicted molar refractivity (Wildman–Crippen MR) is 75.6 cm³/mol. The maximum absolute atomic E-state index is 5.46. The van der Waals surface area contributed by atoms with Gasteiger partial charge in [-0.15, -0.1) is 0 Å². The smallest absolute Gasteiger partial charge is 0.203 e. The van der Waals surface area contributed by atoms with Crippen molar-refractivity contribution >= 4 is 15.9 Å². The minimum absolute atomic E-state index is 0.0407. The van der Waals surface area contributed by atoms with E-state index in [0.717, 1.165) is 11.1 Å². The lowest BCUT2D eigenvalue weighted by Gasteiger charge is -2.18. The highest BCUT2D eigenvalue weighted by Crippen LogP contribution is 2.45. The molecule has 0 aliphatic heterocycles. The Kier molecular flexibility index (Phi) is 4.37. The lowest BCUT2D eigenvalue weighted by Crippen LogP contribution is -2.01. The summed E-state index contributed by atoms with van der Waals surface area (Å²) >= 11 is 3.64. The van der Waals surface area contributed by atoms with Gasteiger partial charge in [0.25, 0.3) is 0 Å². The zero-order valence-corrected chi connectivity index (χ0v) is 12.6. The topological polar surface area (TPSA) is 40.8 Å². The van der Waals surface area contributed by atoms with Gasteiger partial charge in [0.1, 0.15) is 0 Å². The second-order valence-electron chi connectivity index (χ2n) is 3.84. The van der Waals surface area contributed by atoms with Crippen LogP contribution in [-0.2, 0) is 0 Å². The standard InChI is InChI=1S/C14H15BrO4/c1-16-11-5-4-10(13(17-2)14(11)18-3)12(15)9-6-7-19-8-9/h4-8,12H,1-3H3. The summed E-state index contributed by atoms with van der Waals surface area (Å²) in [4.78, 5) is -0.0407. The molecule has 4 nitrogen and oxygen atoms in total. The van der Waals surface area contributed by atoms with E-state index >= 15 is 0 Å². The number of furan rings is 1. The molecule has 0 N–H and O–H groups in total. The van der Waals surface area contributed by atoms with Gasteiger partial charge in [-0.25, -0.2) is 0 Å². The highest BCUT2D eigenvalue weighted by molar-refractivity contribution is 9.09. The molecule has 1 atom stereocenters. The summed E-state index contributed by atoms with van der Waals surface area (Å²) in [7, 11) is 4.79. The molecule has 0 aliphatic rings. The fourth-order valence-corrected chi connectivity index (χ4v) is 2.54. The average Bonchev–Trinajstić information content (AvgIpc) is 2.98. The van der Waals surface area contributed by atoms with E-state index in [0.29, 0.717) is 17.2 Å². The van der Waals surface area contributed by atoms with E-state index in [4.69, 9.17) is 18.6 Å². The molecule has 0 amide bonds. The summed E-state index contributed by atoms with van der Waals surface area (Å²) < 4.78 is 21.2. The zero-order valence-electron chi connectivity index (χ0n) is 11.0. The molecule has 0 spiro atoms. The predicted octanol–water partition coefficient (Wildman–Crippen LogP) is 3.79. The van der Waals surface area contributed by atoms with Crippen LogP contribution in [0.15, 0.2) is 35.1 Å². The van der Waals surface area contributed by atoms with Crippen LogP contribution in [0.5, 0.6) is 17.2 Å². The Morgan fingerprint density at radius 3 is 2.26 bits per heavy atom. The van der Waals surface area contributed by atoms with Crippen LogP contribution < -0.4 is 14.2 Å². The summed E-state index contributed by atoms with van der Waals surface area (Å²) in [6.07, 6.45) is 3.33. The van der Waals surface area contributed by atoms with Crippen molar-refractivity contribution in [2.45, 2.75) is 4.83 Å². The van der Waals surface area contributed by atoms with Crippen LogP contribution in [0.2, 0.25) is 0 Å². The van der Waals surface area contributed by atoms with E-state index in [1.165, 1.54) is 0 Å². The molecule has 0 aliphatic carbocycles. The first-order chi connectivity index (χ1) is 9.22. The fraction of sp³-hybridized carbons (Fsp3) is 0.286. The summed E-state index contributed by atoms with van der Waals surface area (Å²) in [6.45, 7) is 0. The molecule has 5 heteroatoms. The van der Waals surface area contributed by atoms with Gasteiger partial charge in [-0.2, -0.15) is 0 Å². The van der Waals surface area contributed by atoms with Crippen molar-refractivity contribution in [2.24, 2.45) is 0 Å². The van der Waals surface area contributed by atoms with Crippen LogP contribution in [0.3, 0.4) is 0 Å². The highest BCUT2D eigenvalue weighted by atomic mass is 79.9. The number of hydrogen-bond donors (Lipinski definition) is 0. The van der Waals surface area contributed by atoms with Gasteiger partial charge >= 0.3 is 0 Å². The quantitative estimate of drug-likeness (QED) is 0.784. The monoisotopic (exact) mass is 326 g/mol. The van der Waals surface area contributed by atoms with Crippen molar-refractivity contribution in [1.82, 2.24) is 0 Å². The largest absolute Gasteiger partial charge is 0.493 e. The number of alkyl halides is 1. The second-order valence-corrected chi connectivity index (χ2v) is 4.76. The number of halogens is 1. The van der Waals surface area contributed by atoms with E-state index < -0.39 is 0 Å². The molecule has 1 aromatic heterocycles. The molecule has 2 aromatic rings. The van der Waals surface area contributed by atoms with Crippen molar-refractivity contribution in [3.63, 3.8) is 0 Å². The molecule has 1 heterocycles. The van der Waals surface area contributed by atoms with Crippen LogP contribution in [0.1, 0.15) is 16.0 Å². The van der Waals surface area contributed by atoms with Gasteiger partial charge in [0.15, 0.2) is 11.5 Å². The Labute approximate surface area is 120 Å². The third-order valence-electron chi connectivity index (χ3n) is 2.84. The van der Waals surface area contributed by atoms with Crippen molar-refractivity contribution in [1.29, 1.82) is 0 Å². The van der Waals surface area contributed by atoms with Crippen LogP contribution in [0, 0.1) is 0 Å². The third-order valence-corrected chi connectivity index (χ3v) is 3.87. The Morgan fingerprint density at radius 2 is 1.74 bits per heavy atom. The summed E-state index contributed by atoms with van der Waals surface area (Å²) in [5.41, 5.74) is 1.95. The number of benzene rings is 1. The Hall–Kier alpha value is -1.62. The molecule has 102 valence electrons. The SMILES string of the molecule is COc1ccc(C(Br)c2ccoc2)c(OC)c1OC. The lowest BCUT2D eigenvalue weighted by molar-refractivity contribution is 0.322. The van der Waals surface area contributed by atoms with Gasteiger partial charge in [-0.05, 0) is 18.2 Å². The number of rotatable bonds is 5. The van der Waals surface area contributed by atoms with Gasteiger partial charge in [-0.1, -0.05) is 15.9 Å². The molecule has 1 aromatic carbocycles. The first kappa shape index (κ1) is 13.8. The molecule has 2 rings (SSSR count). The van der Waals surface area contributed by atoms with E-state index in [2.05, 4.69) is 15.9 Å². The van der Waals surface area contributed by atoms with Crippen molar-refractivity contribution in [3.05, 3.63) is 41.9 Å². The highest BCUT2D eigenvalue weighted by Gasteiger charge is 2.22. The van der Waals surface area contributed by atoms with Crippen molar-refractivity contribution in [3.8, 4) is 17.2 Å². The maximum atomic E-state index is 5.46. The van der Waals surface area contributed by atoms with E-state index in [1.54, 1.807) is 33.9 Å². The molecule has 1 unspecified atom stereocenters. The van der Waals surface area contributed by atoms with Gasteiger partial charge in [0.05, 0.1) is 38.7 Å². The van der Waals surface area contributed by atoms with E-state index in [-0.39, 0.29) is 4.83 Å². The Balaban J connectivity index is 2.51. The number of ether oxygens (including phenoxy) is 3. The second kappa shape index (κ2) is 6.02.